The van der Waals surface area contributed by atoms with E-state index < -0.39 is 0 Å². The zero-order valence-electron chi connectivity index (χ0n) is 17.6. The molecule has 1 aromatic carbocycles. The molecule has 0 aliphatic carbocycles. The summed E-state index contributed by atoms with van der Waals surface area (Å²) in [4.78, 5) is 22.3. The maximum atomic E-state index is 10.6. The maximum absolute atomic E-state index is 10.6. The van der Waals surface area contributed by atoms with Crippen molar-refractivity contribution in [3.8, 4) is 5.69 Å². The number of hydrogen-bond donors (Lipinski definition) is 1. The summed E-state index contributed by atoms with van der Waals surface area (Å²) in [6.07, 6.45) is 8.98. The van der Waals surface area contributed by atoms with E-state index in [9.17, 15) is 4.79 Å². The van der Waals surface area contributed by atoms with Crippen LogP contribution in [0.25, 0.3) is 5.69 Å². The van der Waals surface area contributed by atoms with Gasteiger partial charge in [0.1, 0.15) is 11.6 Å². The number of hydrogen-bond acceptors (Lipinski definition) is 5. The van der Waals surface area contributed by atoms with Crippen LogP contribution < -0.4 is 5.32 Å². The molecule has 7 heteroatoms. The molecule has 0 saturated carbocycles. The van der Waals surface area contributed by atoms with E-state index in [2.05, 4.69) is 25.4 Å². The van der Waals surface area contributed by atoms with Crippen LogP contribution in [0.5, 0.6) is 0 Å². The third-order valence-corrected chi connectivity index (χ3v) is 3.65. The summed E-state index contributed by atoms with van der Waals surface area (Å²) in [6.45, 7) is 7.31. The van der Waals surface area contributed by atoms with E-state index >= 15 is 0 Å². The molecule has 4 rings (SSSR count). The second-order valence-electron chi connectivity index (χ2n) is 6.49. The number of aromatic nitrogens is 5. The van der Waals surface area contributed by atoms with Crippen LogP contribution in [0, 0.1) is 20.8 Å². The normalized spacial score (nSPS) is 9.47. The molecule has 0 radical (unpaired) electrons. The number of nitrogens with one attached hydrogen (secondary N) is 1. The fourth-order valence-electron chi connectivity index (χ4n) is 2.29. The van der Waals surface area contributed by atoms with Gasteiger partial charge in [0.15, 0.2) is 0 Å². The highest BCUT2D eigenvalue weighted by Crippen LogP contribution is 2.06. The van der Waals surface area contributed by atoms with Crippen LogP contribution >= 0.6 is 0 Å². The first kappa shape index (κ1) is 22.4. The summed E-state index contributed by atoms with van der Waals surface area (Å²) >= 11 is 0. The Bertz CT molecular complexity index is 1030. The van der Waals surface area contributed by atoms with Crippen LogP contribution in [-0.2, 0) is 4.79 Å². The molecule has 1 N–H and O–H groups in total. The average Bonchev–Trinajstić information content (AvgIpc) is 3.16. The van der Waals surface area contributed by atoms with Crippen LogP contribution in [0.3, 0.4) is 0 Å². The minimum Gasteiger partial charge on any atom is -0.311 e. The van der Waals surface area contributed by atoms with Crippen LogP contribution in [0.2, 0.25) is 0 Å². The van der Waals surface area contributed by atoms with E-state index in [0.29, 0.717) is 5.82 Å². The Morgan fingerprint density at radius 2 is 1.57 bits per heavy atom. The third-order valence-electron chi connectivity index (χ3n) is 3.65. The molecule has 0 aliphatic rings. The molecule has 1 amide bonds. The van der Waals surface area contributed by atoms with E-state index in [1.807, 2.05) is 80.3 Å². The maximum Gasteiger partial charge on any atom is 0.222 e. The molecule has 0 unspecified atom stereocenters. The van der Waals surface area contributed by atoms with E-state index in [1.54, 1.807) is 24.7 Å². The molecular formula is C23H26N6O. The van der Waals surface area contributed by atoms with Crippen molar-refractivity contribution in [2.24, 2.45) is 0 Å². The highest BCUT2D eigenvalue weighted by molar-refractivity contribution is 5.87. The number of benzene rings is 1. The lowest BCUT2D eigenvalue weighted by Crippen LogP contribution is -2.07. The fourth-order valence-corrected chi connectivity index (χ4v) is 2.29. The number of para-hydroxylation sites is 1. The molecule has 154 valence electrons. The molecule has 0 saturated heterocycles. The van der Waals surface area contributed by atoms with Gasteiger partial charge in [-0.3, -0.25) is 4.79 Å². The summed E-state index contributed by atoms with van der Waals surface area (Å²) in [7, 11) is 0. The molecule has 30 heavy (non-hydrogen) atoms. The van der Waals surface area contributed by atoms with Gasteiger partial charge in [-0.25, -0.2) is 19.6 Å². The van der Waals surface area contributed by atoms with E-state index in [1.165, 1.54) is 12.5 Å². The number of amides is 1. The molecule has 3 aromatic heterocycles. The minimum atomic E-state index is -0.0944. The van der Waals surface area contributed by atoms with Crippen molar-refractivity contribution in [2.45, 2.75) is 27.7 Å². The van der Waals surface area contributed by atoms with Crippen molar-refractivity contribution in [3.63, 3.8) is 0 Å². The highest BCUT2D eigenvalue weighted by atomic mass is 16.1. The van der Waals surface area contributed by atoms with Gasteiger partial charge >= 0.3 is 0 Å². The van der Waals surface area contributed by atoms with Gasteiger partial charge in [-0.05, 0) is 62.2 Å². The summed E-state index contributed by atoms with van der Waals surface area (Å²) < 4.78 is 1.87. The predicted octanol–water partition coefficient (Wildman–Crippen LogP) is 4.31. The predicted molar refractivity (Wildman–Crippen MR) is 118 cm³/mol. The SMILES string of the molecule is CC(=O)Nc1cc(C)ccn1.Cc1cnn(-c2ccccc2)c1.Cc1ncccn1. The number of nitrogens with zero attached hydrogens (tertiary/aromatic N) is 5. The second kappa shape index (κ2) is 11.9. The smallest absolute Gasteiger partial charge is 0.222 e. The molecule has 0 atom stereocenters. The lowest BCUT2D eigenvalue weighted by molar-refractivity contribution is -0.114. The molecule has 0 aliphatic heterocycles. The molecule has 3 heterocycles. The van der Waals surface area contributed by atoms with Gasteiger partial charge in [0, 0.05) is 31.7 Å². The molecule has 4 aromatic rings. The van der Waals surface area contributed by atoms with Crippen molar-refractivity contribution < 1.29 is 4.79 Å². The Hall–Kier alpha value is -3.87. The molecule has 7 nitrogen and oxygen atoms in total. The zero-order valence-corrected chi connectivity index (χ0v) is 17.6. The van der Waals surface area contributed by atoms with Gasteiger partial charge in [-0.2, -0.15) is 5.10 Å². The largest absolute Gasteiger partial charge is 0.311 e. The molecule has 0 spiro atoms. The Morgan fingerprint density at radius 3 is 2.07 bits per heavy atom. The number of carbonyl (C=O) groups is 1. The zero-order chi connectivity index (χ0) is 21.8. The van der Waals surface area contributed by atoms with Crippen molar-refractivity contribution in [3.05, 3.63) is 96.5 Å². The van der Waals surface area contributed by atoms with Crippen LogP contribution in [0.1, 0.15) is 23.9 Å². The lowest BCUT2D eigenvalue weighted by Gasteiger charge is -1.99. The van der Waals surface area contributed by atoms with E-state index in [4.69, 9.17) is 0 Å². The summed E-state index contributed by atoms with van der Waals surface area (Å²) in [6, 6.07) is 15.6. The standard InChI is InChI=1S/C10H10N2.C8H10N2O.C5H6N2/c1-9-7-11-12(8-9)10-5-3-2-4-6-10;1-6-3-4-9-8(5-6)10-7(2)11;1-5-6-3-2-4-7-5/h2-8H,1H3;3-5H,1-2H3,(H,9,10,11);2-4H,1H3. The monoisotopic (exact) mass is 402 g/mol. The second-order valence-corrected chi connectivity index (χ2v) is 6.49. The molecular weight excluding hydrogens is 376 g/mol. The fraction of sp³-hybridized carbons (Fsp3) is 0.174. The van der Waals surface area contributed by atoms with Gasteiger partial charge in [0.05, 0.1) is 11.9 Å². The third kappa shape index (κ3) is 8.43. The van der Waals surface area contributed by atoms with Gasteiger partial charge in [-0.15, -0.1) is 0 Å². The topological polar surface area (TPSA) is 85.6 Å². The Labute approximate surface area is 176 Å². The summed E-state index contributed by atoms with van der Waals surface area (Å²) in [5.74, 6) is 1.34. The number of anilines is 1. The van der Waals surface area contributed by atoms with Gasteiger partial charge in [-0.1, -0.05) is 18.2 Å². The number of rotatable bonds is 2. The van der Waals surface area contributed by atoms with Crippen molar-refractivity contribution in [1.82, 2.24) is 24.7 Å². The van der Waals surface area contributed by atoms with Crippen LogP contribution in [-0.4, -0.2) is 30.6 Å². The van der Waals surface area contributed by atoms with Crippen LogP contribution in [0.15, 0.2) is 79.5 Å². The quantitative estimate of drug-likeness (QED) is 0.540. The first-order chi connectivity index (χ1) is 14.4. The van der Waals surface area contributed by atoms with Gasteiger partial charge in [0.25, 0.3) is 0 Å². The number of aryl methyl sites for hydroxylation is 3. The van der Waals surface area contributed by atoms with Crippen LogP contribution in [0.4, 0.5) is 5.82 Å². The average molecular weight is 403 g/mol. The Balaban J connectivity index is 0.000000166. The summed E-state index contributed by atoms with van der Waals surface area (Å²) in [5, 5.41) is 6.80. The first-order valence-electron chi connectivity index (χ1n) is 9.44. The van der Waals surface area contributed by atoms with Crippen molar-refractivity contribution in [1.29, 1.82) is 0 Å². The summed E-state index contributed by atoms with van der Waals surface area (Å²) in [5.41, 5.74) is 3.37. The van der Waals surface area contributed by atoms with Crippen molar-refractivity contribution in [2.75, 3.05) is 5.32 Å². The lowest BCUT2D eigenvalue weighted by atomic mass is 10.3. The van der Waals surface area contributed by atoms with Gasteiger partial charge < -0.3 is 5.32 Å². The molecule has 0 fully saturated rings. The van der Waals surface area contributed by atoms with E-state index in [0.717, 1.165) is 17.1 Å². The minimum absolute atomic E-state index is 0.0944. The Kier molecular flexibility index (Phi) is 8.86. The Morgan fingerprint density at radius 1 is 0.867 bits per heavy atom. The van der Waals surface area contributed by atoms with Gasteiger partial charge in [0.2, 0.25) is 5.91 Å². The van der Waals surface area contributed by atoms with Crippen molar-refractivity contribution >= 4 is 11.7 Å². The highest BCUT2D eigenvalue weighted by Gasteiger charge is 1.95. The first-order valence-corrected chi connectivity index (χ1v) is 9.44. The number of pyridine rings is 1. The number of carbonyl (C=O) groups excluding carboxylic acids is 1. The molecule has 0 bridgehead atoms. The van der Waals surface area contributed by atoms with E-state index in [-0.39, 0.29) is 5.91 Å².